The lowest BCUT2D eigenvalue weighted by Gasteiger charge is -2.12. The molecule has 5 nitrogen and oxygen atoms in total. The number of urea groups is 1. The van der Waals surface area contributed by atoms with Crippen molar-refractivity contribution in [3.63, 3.8) is 0 Å². The SMILES string of the molecule is CN1C(=O)C(=O)N(Cc2ccccc2)C1=O. The van der Waals surface area contributed by atoms with Gasteiger partial charge in [0.15, 0.2) is 0 Å². The summed E-state index contributed by atoms with van der Waals surface area (Å²) >= 11 is 0. The number of benzene rings is 1. The standard InChI is InChI=1S/C11H10N2O3/c1-12-9(14)10(15)13(11(12)16)7-8-5-3-2-4-6-8/h2-6H,7H2,1H3. The van der Waals surface area contributed by atoms with Crippen LogP contribution in [0.2, 0.25) is 0 Å². The molecule has 1 aliphatic rings. The molecular weight excluding hydrogens is 208 g/mol. The van der Waals surface area contributed by atoms with Crippen LogP contribution < -0.4 is 0 Å². The highest BCUT2D eigenvalue weighted by atomic mass is 16.2. The number of hydrogen-bond acceptors (Lipinski definition) is 3. The van der Waals surface area contributed by atoms with E-state index in [1.54, 1.807) is 12.1 Å². The summed E-state index contributed by atoms with van der Waals surface area (Å²) < 4.78 is 0. The zero-order valence-electron chi connectivity index (χ0n) is 8.71. The van der Waals surface area contributed by atoms with Crippen molar-refractivity contribution < 1.29 is 14.4 Å². The van der Waals surface area contributed by atoms with Crippen LogP contribution in [-0.4, -0.2) is 34.7 Å². The first-order valence-electron chi connectivity index (χ1n) is 4.78. The Labute approximate surface area is 92.3 Å². The van der Waals surface area contributed by atoms with E-state index in [0.29, 0.717) is 0 Å². The van der Waals surface area contributed by atoms with Gasteiger partial charge in [0, 0.05) is 7.05 Å². The van der Waals surface area contributed by atoms with Gasteiger partial charge in [0.05, 0.1) is 6.54 Å². The zero-order valence-corrected chi connectivity index (χ0v) is 8.71. The molecule has 0 N–H and O–H groups in total. The van der Waals surface area contributed by atoms with Crippen molar-refractivity contribution in [2.45, 2.75) is 6.54 Å². The molecule has 0 aromatic heterocycles. The van der Waals surface area contributed by atoms with E-state index in [9.17, 15) is 14.4 Å². The number of nitrogens with zero attached hydrogens (tertiary/aromatic N) is 2. The van der Waals surface area contributed by atoms with Crippen LogP contribution in [-0.2, 0) is 16.1 Å². The molecule has 0 spiro atoms. The maximum absolute atomic E-state index is 11.5. The Balaban J connectivity index is 2.21. The largest absolute Gasteiger partial charge is 0.334 e. The summed E-state index contributed by atoms with van der Waals surface area (Å²) in [5.74, 6) is -1.54. The first kappa shape index (κ1) is 10.4. The predicted octanol–water partition coefficient (Wildman–Crippen LogP) is 0.607. The fourth-order valence-electron chi connectivity index (χ4n) is 1.52. The topological polar surface area (TPSA) is 57.7 Å². The van der Waals surface area contributed by atoms with Gasteiger partial charge < -0.3 is 0 Å². The molecule has 82 valence electrons. The summed E-state index contributed by atoms with van der Waals surface area (Å²) in [4.78, 5) is 36.0. The number of carbonyl (C=O) groups is 3. The molecule has 0 atom stereocenters. The van der Waals surface area contributed by atoms with Crippen molar-refractivity contribution in [3.05, 3.63) is 35.9 Å². The predicted molar refractivity (Wildman–Crippen MR) is 55.2 cm³/mol. The summed E-state index contributed by atoms with van der Waals surface area (Å²) in [6, 6.07) is 8.48. The molecule has 1 fully saturated rings. The van der Waals surface area contributed by atoms with Crippen molar-refractivity contribution in [2.75, 3.05) is 7.05 Å². The zero-order chi connectivity index (χ0) is 11.7. The van der Waals surface area contributed by atoms with Crippen LogP contribution in [0.1, 0.15) is 5.56 Å². The van der Waals surface area contributed by atoms with Crippen LogP contribution in [0.25, 0.3) is 0 Å². The lowest BCUT2D eigenvalue weighted by atomic mass is 10.2. The maximum Gasteiger partial charge on any atom is 0.334 e. The van der Waals surface area contributed by atoms with E-state index in [1.165, 1.54) is 7.05 Å². The van der Waals surface area contributed by atoms with Crippen molar-refractivity contribution in [1.82, 2.24) is 9.80 Å². The lowest BCUT2D eigenvalue weighted by Crippen LogP contribution is -2.30. The maximum atomic E-state index is 11.5. The molecule has 16 heavy (non-hydrogen) atoms. The highest BCUT2D eigenvalue weighted by molar-refractivity contribution is 6.44. The summed E-state index contributed by atoms with van der Waals surface area (Å²) in [7, 11) is 1.30. The molecule has 4 amide bonds. The Morgan fingerprint density at radius 3 is 2.12 bits per heavy atom. The van der Waals surface area contributed by atoms with Gasteiger partial charge in [-0.05, 0) is 5.56 Å². The molecule has 2 rings (SSSR count). The van der Waals surface area contributed by atoms with Gasteiger partial charge >= 0.3 is 17.8 Å². The number of hydrogen-bond donors (Lipinski definition) is 0. The Morgan fingerprint density at radius 1 is 1.00 bits per heavy atom. The van der Waals surface area contributed by atoms with E-state index in [0.717, 1.165) is 15.4 Å². The Kier molecular flexibility index (Phi) is 2.44. The molecule has 0 radical (unpaired) electrons. The van der Waals surface area contributed by atoms with Crippen LogP contribution in [0, 0.1) is 0 Å². The quantitative estimate of drug-likeness (QED) is 0.539. The average molecular weight is 218 g/mol. The number of likely N-dealkylation sites (N-methyl/N-ethyl adjacent to an activating group) is 1. The molecule has 0 unspecified atom stereocenters. The van der Waals surface area contributed by atoms with Gasteiger partial charge in [0.2, 0.25) is 0 Å². The third-order valence-electron chi connectivity index (χ3n) is 2.43. The molecule has 1 saturated heterocycles. The van der Waals surface area contributed by atoms with Crippen LogP contribution >= 0.6 is 0 Å². The van der Waals surface area contributed by atoms with E-state index < -0.39 is 17.8 Å². The van der Waals surface area contributed by atoms with Gasteiger partial charge in [0.25, 0.3) is 0 Å². The third-order valence-corrected chi connectivity index (χ3v) is 2.43. The molecule has 1 aromatic carbocycles. The minimum atomic E-state index is -0.777. The van der Waals surface area contributed by atoms with Gasteiger partial charge in [-0.15, -0.1) is 0 Å². The number of rotatable bonds is 2. The highest BCUT2D eigenvalue weighted by Gasteiger charge is 2.41. The second-order valence-corrected chi connectivity index (χ2v) is 3.52. The van der Waals surface area contributed by atoms with Crippen LogP contribution in [0.5, 0.6) is 0 Å². The normalized spacial score (nSPS) is 16.2. The number of imide groups is 2. The lowest BCUT2D eigenvalue weighted by molar-refractivity contribution is -0.143. The molecule has 1 heterocycles. The first-order valence-corrected chi connectivity index (χ1v) is 4.78. The minimum absolute atomic E-state index is 0.134. The van der Waals surface area contributed by atoms with E-state index in [2.05, 4.69) is 0 Å². The summed E-state index contributed by atoms with van der Waals surface area (Å²) in [5, 5.41) is 0. The Morgan fingerprint density at radius 2 is 1.62 bits per heavy atom. The fourth-order valence-corrected chi connectivity index (χ4v) is 1.52. The van der Waals surface area contributed by atoms with Crippen molar-refractivity contribution in [2.24, 2.45) is 0 Å². The molecular formula is C11H10N2O3. The van der Waals surface area contributed by atoms with Gasteiger partial charge in [-0.1, -0.05) is 30.3 Å². The van der Waals surface area contributed by atoms with Crippen LogP contribution in [0.4, 0.5) is 4.79 Å². The molecule has 0 saturated carbocycles. The average Bonchev–Trinajstić information content (AvgIpc) is 2.48. The van der Waals surface area contributed by atoms with Crippen molar-refractivity contribution in [1.29, 1.82) is 0 Å². The minimum Gasteiger partial charge on any atom is -0.263 e. The van der Waals surface area contributed by atoms with Crippen LogP contribution in [0.3, 0.4) is 0 Å². The molecule has 0 bridgehead atoms. The molecule has 0 aliphatic carbocycles. The first-order chi connectivity index (χ1) is 7.61. The molecule has 5 heteroatoms. The van der Waals surface area contributed by atoms with Crippen molar-refractivity contribution in [3.8, 4) is 0 Å². The second-order valence-electron chi connectivity index (χ2n) is 3.52. The summed E-state index contributed by atoms with van der Waals surface area (Å²) in [6.07, 6.45) is 0. The third kappa shape index (κ3) is 1.56. The Hall–Kier alpha value is -2.17. The molecule has 1 aliphatic heterocycles. The summed E-state index contributed by atoms with van der Waals surface area (Å²) in [6.45, 7) is 0.134. The number of carbonyl (C=O) groups excluding carboxylic acids is 3. The highest BCUT2D eigenvalue weighted by Crippen LogP contribution is 2.13. The van der Waals surface area contributed by atoms with Gasteiger partial charge in [-0.25, -0.2) is 4.79 Å². The monoisotopic (exact) mass is 218 g/mol. The van der Waals surface area contributed by atoms with Gasteiger partial charge in [-0.3, -0.25) is 19.4 Å². The Bertz CT molecular complexity index is 456. The molecule has 1 aromatic rings. The van der Waals surface area contributed by atoms with E-state index >= 15 is 0 Å². The van der Waals surface area contributed by atoms with E-state index in [4.69, 9.17) is 0 Å². The number of amides is 4. The smallest absolute Gasteiger partial charge is 0.263 e. The second kappa shape index (κ2) is 3.77. The summed E-state index contributed by atoms with van der Waals surface area (Å²) in [5.41, 5.74) is 0.812. The van der Waals surface area contributed by atoms with Crippen molar-refractivity contribution >= 4 is 17.8 Å². The van der Waals surface area contributed by atoms with Gasteiger partial charge in [-0.2, -0.15) is 0 Å². The fraction of sp³-hybridized carbons (Fsp3) is 0.182. The van der Waals surface area contributed by atoms with Gasteiger partial charge in [0.1, 0.15) is 0 Å². The van der Waals surface area contributed by atoms with E-state index in [1.807, 2.05) is 18.2 Å². The van der Waals surface area contributed by atoms with E-state index in [-0.39, 0.29) is 6.54 Å². The van der Waals surface area contributed by atoms with Crippen LogP contribution in [0.15, 0.2) is 30.3 Å².